The predicted octanol–water partition coefficient (Wildman–Crippen LogP) is 3.55. The largest absolute Gasteiger partial charge is 0.497 e. The van der Waals surface area contributed by atoms with E-state index in [9.17, 15) is 9.59 Å². The van der Waals surface area contributed by atoms with E-state index in [1.165, 1.54) is 18.2 Å². The number of carbonyl (C=O) groups excluding carboxylic acids is 2. The Morgan fingerprint density at radius 1 is 1.00 bits per heavy atom. The number of methoxy groups -OCH3 is 2. The van der Waals surface area contributed by atoms with Crippen molar-refractivity contribution in [3.63, 3.8) is 0 Å². The molecule has 5 nitrogen and oxygen atoms in total. The summed E-state index contributed by atoms with van der Waals surface area (Å²) in [7, 11) is 3.10. The molecule has 1 atom stereocenters. The summed E-state index contributed by atoms with van der Waals surface area (Å²) in [5, 5.41) is 0. The van der Waals surface area contributed by atoms with E-state index < -0.39 is 12.1 Å². The molecule has 0 aromatic heterocycles. The molecule has 3 rings (SSSR count). The topological polar surface area (TPSA) is 61.8 Å². The molecule has 0 amide bonds. The Bertz CT molecular complexity index is 856. The summed E-state index contributed by atoms with van der Waals surface area (Å²) in [6.07, 6.45) is 2.39. The van der Waals surface area contributed by atoms with E-state index in [1.807, 2.05) is 18.2 Å². The summed E-state index contributed by atoms with van der Waals surface area (Å²) >= 11 is 0. The number of rotatable bonds is 7. The first kappa shape index (κ1) is 19.0. The molecule has 5 heteroatoms. The number of hydrogen-bond donors (Lipinski definition) is 0. The molecule has 0 N–H and O–H groups in total. The number of carbonyl (C=O) groups is 2. The maximum Gasteiger partial charge on any atom is 0.311 e. The third kappa shape index (κ3) is 4.30. The number of Topliss-reactive ketones (excluding diaryl/α,β-unsaturated/α-hetero) is 1. The summed E-state index contributed by atoms with van der Waals surface area (Å²) in [6, 6.07) is 11.0. The molecule has 2 aromatic carbocycles. The lowest BCUT2D eigenvalue weighted by Gasteiger charge is -2.14. The first-order valence-corrected chi connectivity index (χ1v) is 9.08. The van der Waals surface area contributed by atoms with Crippen molar-refractivity contribution in [3.8, 4) is 11.5 Å². The highest BCUT2D eigenvalue weighted by Crippen LogP contribution is 2.26. The van der Waals surface area contributed by atoms with Gasteiger partial charge in [-0.1, -0.05) is 18.2 Å². The Balaban J connectivity index is 1.64. The van der Waals surface area contributed by atoms with Gasteiger partial charge in [-0.05, 0) is 49.4 Å². The Hall–Kier alpha value is -2.82. The van der Waals surface area contributed by atoms with Gasteiger partial charge < -0.3 is 14.2 Å². The minimum absolute atomic E-state index is 0.0228. The molecule has 1 unspecified atom stereocenters. The first-order chi connectivity index (χ1) is 13.0. The highest BCUT2D eigenvalue weighted by molar-refractivity contribution is 6.00. The number of aryl methyl sites for hydroxylation is 2. The average Bonchev–Trinajstić information content (AvgIpc) is 3.15. The lowest BCUT2D eigenvalue weighted by Crippen LogP contribution is -2.25. The minimum Gasteiger partial charge on any atom is -0.497 e. The van der Waals surface area contributed by atoms with E-state index in [0.717, 1.165) is 19.3 Å². The molecular weight excluding hydrogens is 344 g/mol. The maximum absolute atomic E-state index is 12.6. The van der Waals surface area contributed by atoms with Crippen molar-refractivity contribution in [2.45, 2.75) is 38.7 Å². The van der Waals surface area contributed by atoms with E-state index in [-0.39, 0.29) is 12.2 Å². The second kappa shape index (κ2) is 8.25. The van der Waals surface area contributed by atoms with Crippen LogP contribution >= 0.6 is 0 Å². The van der Waals surface area contributed by atoms with Gasteiger partial charge in [-0.15, -0.1) is 0 Å². The quantitative estimate of drug-likeness (QED) is 0.552. The molecule has 0 bridgehead atoms. The van der Waals surface area contributed by atoms with E-state index in [0.29, 0.717) is 22.6 Å². The molecule has 2 aromatic rings. The number of ketones is 1. The number of hydrogen-bond acceptors (Lipinski definition) is 5. The van der Waals surface area contributed by atoms with Crippen LogP contribution < -0.4 is 9.47 Å². The van der Waals surface area contributed by atoms with Crippen LogP contribution in [-0.2, 0) is 28.8 Å². The molecule has 0 fully saturated rings. The molecular formula is C22H24O5. The molecule has 0 heterocycles. The Morgan fingerprint density at radius 3 is 2.52 bits per heavy atom. The zero-order valence-corrected chi connectivity index (χ0v) is 15.9. The molecule has 0 aliphatic heterocycles. The second-order valence-electron chi connectivity index (χ2n) is 6.69. The van der Waals surface area contributed by atoms with Crippen LogP contribution in [0.5, 0.6) is 11.5 Å². The maximum atomic E-state index is 12.6. The summed E-state index contributed by atoms with van der Waals surface area (Å²) in [4.78, 5) is 24.9. The van der Waals surface area contributed by atoms with Crippen LogP contribution in [0.15, 0.2) is 36.4 Å². The van der Waals surface area contributed by atoms with Crippen LogP contribution in [0.4, 0.5) is 0 Å². The SMILES string of the molecule is COc1ccc(CC(=O)OC(C)C(=O)c2ccc3c(c2)CCC3)c(OC)c1. The second-order valence-corrected chi connectivity index (χ2v) is 6.69. The van der Waals surface area contributed by atoms with Gasteiger partial charge in [-0.3, -0.25) is 9.59 Å². The Kier molecular flexibility index (Phi) is 5.79. The van der Waals surface area contributed by atoms with Gasteiger partial charge in [0.05, 0.1) is 20.6 Å². The van der Waals surface area contributed by atoms with Gasteiger partial charge >= 0.3 is 5.97 Å². The highest BCUT2D eigenvalue weighted by Gasteiger charge is 2.22. The van der Waals surface area contributed by atoms with Crippen molar-refractivity contribution < 1.29 is 23.8 Å². The van der Waals surface area contributed by atoms with E-state index in [2.05, 4.69) is 0 Å². The Labute approximate surface area is 159 Å². The zero-order valence-electron chi connectivity index (χ0n) is 15.9. The zero-order chi connectivity index (χ0) is 19.4. The van der Waals surface area contributed by atoms with Gasteiger partial charge in [0.15, 0.2) is 6.10 Å². The number of benzene rings is 2. The van der Waals surface area contributed by atoms with Gasteiger partial charge in [0.25, 0.3) is 0 Å². The standard InChI is InChI=1S/C22H24O5/c1-14(22(24)18-8-7-15-5-4-6-16(15)11-18)27-21(23)12-17-9-10-19(25-2)13-20(17)26-3/h7-11,13-14H,4-6,12H2,1-3H3. The highest BCUT2D eigenvalue weighted by atomic mass is 16.5. The van der Waals surface area contributed by atoms with Gasteiger partial charge in [0.1, 0.15) is 11.5 Å². The monoisotopic (exact) mass is 368 g/mol. The molecule has 142 valence electrons. The summed E-state index contributed by atoms with van der Waals surface area (Å²) in [6.45, 7) is 1.61. The van der Waals surface area contributed by atoms with Crippen molar-refractivity contribution in [1.29, 1.82) is 0 Å². The average molecular weight is 368 g/mol. The van der Waals surface area contributed by atoms with Gasteiger partial charge in [-0.25, -0.2) is 0 Å². The predicted molar refractivity (Wildman–Crippen MR) is 102 cm³/mol. The third-order valence-corrected chi connectivity index (χ3v) is 4.89. The van der Waals surface area contributed by atoms with Crippen LogP contribution in [0, 0.1) is 0 Å². The number of ether oxygens (including phenoxy) is 3. The smallest absolute Gasteiger partial charge is 0.311 e. The third-order valence-electron chi connectivity index (χ3n) is 4.89. The van der Waals surface area contributed by atoms with Crippen molar-refractivity contribution in [1.82, 2.24) is 0 Å². The van der Waals surface area contributed by atoms with Crippen LogP contribution in [0.25, 0.3) is 0 Å². The van der Waals surface area contributed by atoms with E-state index in [4.69, 9.17) is 14.2 Å². The summed E-state index contributed by atoms with van der Waals surface area (Å²) < 4.78 is 15.8. The first-order valence-electron chi connectivity index (χ1n) is 9.08. The molecule has 1 aliphatic carbocycles. The molecule has 27 heavy (non-hydrogen) atoms. The molecule has 0 saturated heterocycles. The van der Waals surface area contributed by atoms with Crippen molar-refractivity contribution in [2.24, 2.45) is 0 Å². The van der Waals surface area contributed by atoms with Crippen LogP contribution in [0.3, 0.4) is 0 Å². The lowest BCUT2D eigenvalue weighted by molar-refractivity contribution is -0.145. The fourth-order valence-electron chi connectivity index (χ4n) is 3.41. The summed E-state index contributed by atoms with van der Waals surface area (Å²) in [5.74, 6) is 0.535. The van der Waals surface area contributed by atoms with E-state index >= 15 is 0 Å². The molecule has 0 radical (unpaired) electrons. The van der Waals surface area contributed by atoms with E-state index in [1.54, 1.807) is 32.2 Å². The van der Waals surface area contributed by atoms with Crippen molar-refractivity contribution in [2.75, 3.05) is 14.2 Å². The van der Waals surface area contributed by atoms with Crippen LogP contribution in [-0.4, -0.2) is 32.1 Å². The number of fused-ring (bicyclic) bond motifs is 1. The number of esters is 1. The summed E-state index contributed by atoms with van der Waals surface area (Å²) in [5.41, 5.74) is 3.81. The molecule has 0 saturated carbocycles. The molecule has 0 spiro atoms. The van der Waals surface area contributed by atoms with Crippen LogP contribution in [0.1, 0.15) is 40.4 Å². The fraction of sp³-hybridized carbons (Fsp3) is 0.364. The fourth-order valence-corrected chi connectivity index (χ4v) is 3.41. The van der Waals surface area contributed by atoms with Gasteiger partial charge in [0.2, 0.25) is 5.78 Å². The normalized spacial score (nSPS) is 13.6. The minimum atomic E-state index is -0.832. The van der Waals surface area contributed by atoms with Crippen molar-refractivity contribution in [3.05, 3.63) is 58.7 Å². The van der Waals surface area contributed by atoms with Crippen molar-refractivity contribution >= 4 is 11.8 Å². The van der Waals surface area contributed by atoms with Gasteiger partial charge in [0, 0.05) is 17.2 Å². The van der Waals surface area contributed by atoms with Gasteiger partial charge in [-0.2, -0.15) is 0 Å². The van der Waals surface area contributed by atoms with Crippen LogP contribution in [0.2, 0.25) is 0 Å². The Morgan fingerprint density at radius 2 is 1.78 bits per heavy atom. The lowest BCUT2D eigenvalue weighted by atomic mass is 10.0. The molecule has 1 aliphatic rings.